The van der Waals surface area contributed by atoms with Crippen molar-refractivity contribution < 1.29 is 0 Å². The second kappa shape index (κ2) is 16.0. The zero-order valence-corrected chi connectivity index (χ0v) is 49.8. The Hall–Kier alpha value is -6.68. The largest absolute Gasteiger partial charge is 0.308 e. The lowest BCUT2D eigenvalue weighted by Gasteiger charge is -2.26. The molecule has 0 N–H and O–H groups in total. The number of nitrogens with zero attached hydrogens (tertiary/aromatic N) is 2. The van der Waals surface area contributed by atoms with E-state index < -0.39 is 0 Å². The zero-order valence-electron chi connectivity index (χ0n) is 49.0. The van der Waals surface area contributed by atoms with Gasteiger partial charge in [-0.2, -0.15) is 0 Å². The van der Waals surface area contributed by atoms with Crippen LogP contribution in [-0.4, -0.2) is 8.80 Å². The van der Waals surface area contributed by atoms with Crippen LogP contribution in [0.15, 0.2) is 133 Å². The molecule has 0 aliphatic carbocycles. The molecule has 2 nitrogen and oxygen atoms in total. The van der Waals surface area contributed by atoms with Gasteiger partial charge < -0.3 is 8.80 Å². The van der Waals surface area contributed by atoms with Gasteiger partial charge in [0.05, 0.1) is 37.8 Å². The Morgan fingerprint density at radius 3 is 1.03 bits per heavy atom. The van der Waals surface area contributed by atoms with Gasteiger partial charge >= 0.3 is 0 Å². The maximum absolute atomic E-state index is 2.64. The number of rotatable bonds is 3. The van der Waals surface area contributed by atoms with Crippen LogP contribution in [0, 0.1) is 0 Å². The summed E-state index contributed by atoms with van der Waals surface area (Å²) in [4.78, 5) is 0. The van der Waals surface area contributed by atoms with Gasteiger partial charge in [0.15, 0.2) is 0 Å². The summed E-state index contributed by atoms with van der Waals surface area (Å²) < 4.78 is 7.96. The standard InChI is InChI=1S/C74H76N2S/c1-69(2,3)47-25-42(26-48(36-47)70(4,5)6)41-23-24-61-54(31-41)57-32-45(43-27-49(71(7,8)9)37-50(28-43)72(10,11)12)33-58-55-40-63-56(39-62(55)75(61)65(57)58)59-34-46(44-29-51(73(13,14)15)38-52(30-44)74(16,17)18)35-60-66(59)76(63)67-53-21-19-20-22-64(53)77-68(60)67/h19-40H,1-18H3. The third kappa shape index (κ3) is 7.75. The van der Waals surface area contributed by atoms with Gasteiger partial charge in [-0.05, 0) is 154 Å². The van der Waals surface area contributed by atoms with Crippen LogP contribution in [0.5, 0.6) is 0 Å². The number of aromatic nitrogens is 2. The summed E-state index contributed by atoms with van der Waals surface area (Å²) in [7, 11) is 0. The first-order valence-corrected chi connectivity index (χ1v) is 29.0. The van der Waals surface area contributed by atoms with Crippen molar-refractivity contribution in [2.45, 2.75) is 157 Å². The Labute approximate surface area is 460 Å². The van der Waals surface area contributed by atoms with Crippen LogP contribution in [0.1, 0.15) is 158 Å². The lowest BCUT2D eigenvalue weighted by Crippen LogP contribution is -2.16. The molecule has 0 fully saturated rings. The van der Waals surface area contributed by atoms with E-state index >= 15 is 0 Å². The minimum absolute atomic E-state index is 0.00271. The summed E-state index contributed by atoms with van der Waals surface area (Å²) in [6, 6.07) is 53.7. The normalized spacial score (nSPS) is 13.8. The highest BCUT2D eigenvalue weighted by molar-refractivity contribution is 7.26. The van der Waals surface area contributed by atoms with Gasteiger partial charge in [0.2, 0.25) is 0 Å². The van der Waals surface area contributed by atoms with Crippen molar-refractivity contribution in [1.82, 2.24) is 8.80 Å². The average Bonchev–Trinajstić information content (AvgIpc) is 4.25. The molecule has 0 aliphatic heterocycles. The number of hydrogen-bond donors (Lipinski definition) is 0. The van der Waals surface area contributed by atoms with Crippen molar-refractivity contribution in [2.75, 3.05) is 0 Å². The fourth-order valence-corrected chi connectivity index (χ4v) is 13.7. The van der Waals surface area contributed by atoms with E-state index in [1.807, 2.05) is 11.3 Å². The lowest BCUT2D eigenvalue weighted by molar-refractivity contribution is 0.568. The smallest absolute Gasteiger partial charge is 0.0728 e. The van der Waals surface area contributed by atoms with Gasteiger partial charge in [-0.15, -0.1) is 11.3 Å². The molecule has 3 heteroatoms. The summed E-state index contributed by atoms with van der Waals surface area (Å²) in [6.07, 6.45) is 0. The van der Waals surface area contributed by atoms with Crippen molar-refractivity contribution in [3.63, 3.8) is 0 Å². The van der Waals surface area contributed by atoms with Crippen LogP contribution in [0.4, 0.5) is 0 Å². The topological polar surface area (TPSA) is 8.82 Å². The van der Waals surface area contributed by atoms with E-state index in [2.05, 4.69) is 267 Å². The number of hydrogen-bond acceptors (Lipinski definition) is 1. The van der Waals surface area contributed by atoms with Crippen LogP contribution < -0.4 is 0 Å². The highest BCUT2D eigenvalue weighted by Crippen LogP contribution is 2.51. The molecule has 388 valence electrons. The quantitative estimate of drug-likeness (QED) is 0.167. The number of benzene rings is 8. The predicted octanol–water partition coefficient (Wildman–Crippen LogP) is 22.0. The maximum Gasteiger partial charge on any atom is 0.0728 e. The second-order valence-electron chi connectivity index (χ2n) is 29.3. The molecule has 77 heavy (non-hydrogen) atoms. The molecule has 0 amide bonds. The molecule has 0 bridgehead atoms. The third-order valence-electron chi connectivity index (χ3n) is 17.4. The van der Waals surface area contributed by atoms with Gasteiger partial charge in [-0.3, -0.25) is 0 Å². The molecule has 8 aromatic carbocycles. The first-order chi connectivity index (χ1) is 35.9. The van der Waals surface area contributed by atoms with E-state index in [9.17, 15) is 0 Å². The van der Waals surface area contributed by atoms with E-state index in [4.69, 9.17) is 0 Å². The average molecular weight is 1030 g/mol. The van der Waals surface area contributed by atoms with Gasteiger partial charge in [-0.1, -0.05) is 203 Å². The summed E-state index contributed by atoms with van der Waals surface area (Å²) in [5.74, 6) is 0. The fourth-order valence-electron chi connectivity index (χ4n) is 12.5. The van der Waals surface area contributed by atoms with Crippen LogP contribution in [-0.2, 0) is 32.5 Å². The van der Waals surface area contributed by atoms with Crippen LogP contribution >= 0.6 is 11.3 Å². The molecule has 0 radical (unpaired) electrons. The van der Waals surface area contributed by atoms with Gasteiger partial charge in [-0.25, -0.2) is 0 Å². The Bertz CT molecular complexity index is 4500. The number of thiophene rings is 1. The van der Waals surface area contributed by atoms with E-state index in [0.717, 1.165) is 0 Å². The van der Waals surface area contributed by atoms with Crippen LogP contribution in [0.25, 0.3) is 119 Å². The molecule has 13 rings (SSSR count). The Balaban J connectivity index is 1.17. The Morgan fingerprint density at radius 2 is 0.597 bits per heavy atom. The molecule has 0 saturated heterocycles. The Morgan fingerprint density at radius 1 is 0.260 bits per heavy atom. The molecule has 5 aromatic heterocycles. The number of fused-ring (bicyclic) bond motifs is 14. The zero-order chi connectivity index (χ0) is 54.6. The van der Waals surface area contributed by atoms with Crippen molar-refractivity contribution in [3.05, 3.63) is 167 Å². The van der Waals surface area contributed by atoms with E-state index in [1.165, 1.54) is 152 Å². The van der Waals surface area contributed by atoms with Gasteiger partial charge in [0.25, 0.3) is 0 Å². The molecule has 0 aliphatic rings. The lowest BCUT2D eigenvalue weighted by atomic mass is 9.78. The first kappa shape index (κ1) is 49.9. The van der Waals surface area contributed by atoms with E-state index in [-0.39, 0.29) is 32.5 Å². The monoisotopic (exact) mass is 1020 g/mol. The summed E-state index contributed by atoms with van der Waals surface area (Å²) in [5.41, 5.74) is 23.6. The summed E-state index contributed by atoms with van der Waals surface area (Å²) in [5, 5.41) is 10.5. The summed E-state index contributed by atoms with van der Waals surface area (Å²) in [6.45, 7) is 42.3. The molecule has 0 saturated carbocycles. The first-order valence-electron chi connectivity index (χ1n) is 28.2. The minimum Gasteiger partial charge on any atom is -0.308 e. The van der Waals surface area contributed by atoms with Crippen molar-refractivity contribution in [2.24, 2.45) is 0 Å². The second-order valence-corrected chi connectivity index (χ2v) is 30.4. The van der Waals surface area contributed by atoms with Crippen molar-refractivity contribution in [1.29, 1.82) is 0 Å². The van der Waals surface area contributed by atoms with Crippen molar-refractivity contribution >= 4 is 96.9 Å². The predicted molar refractivity (Wildman–Crippen MR) is 340 cm³/mol. The SMILES string of the molecule is CC(C)(C)c1cc(-c2ccc3c(c2)c2cc(-c4cc(C(C)(C)C)cc(C(C)(C)C)c4)cc4c5cc6c(cc5n3c24)c2cc(-c3cc(C(C)(C)C)cc(C(C)(C)C)c3)cc3c4sc5ccccc5c4n6c23)cc(C(C)(C)C)c1. The summed E-state index contributed by atoms with van der Waals surface area (Å²) >= 11 is 1.94. The van der Waals surface area contributed by atoms with Crippen molar-refractivity contribution in [3.8, 4) is 33.4 Å². The molecule has 0 unspecified atom stereocenters. The molecular weight excluding hydrogens is 949 g/mol. The molecular formula is C74H76N2S. The van der Waals surface area contributed by atoms with Gasteiger partial charge in [0.1, 0.15) is 0 Å². The minimum atomic E-state index is -0.0130. The van der Waals surface area contributed by atoms with Crippen LogP contribution in [0.3, 0.4) is 0 Å². The molecule has 13 aromatic rings. The molecule has 0 atom stereocenters. The van der Waals surface area contributed by atoms with Crippen LogP contribution in [0.2, 0.25) is 0 Å². The van der Waals surface area contributed by atoms with Gasteiger partial charge in [0, 0.05) is 47.8 Å². The maximum atomic E-state index is 2.64. The highest BCUT2D eigenvalue weighted by atomic mass is 32.1. The molecule has 5 heterocycles. The fraction of sp³-hybridized carbons (Fsp3) is 0.324. The van der Waals surface area contributed by atoms with E-state index in [0.29, 0.717) is 0 Å². The van der Waals surface area contributed by atoms with E-state index in [1.54, 1.807) is 0 Å². The highest BCUT2D eigenvalue weighted by Gasteiger charge is 2.29. The Kier molecular flexibility index (Phi) is 10.3. The third-order valence-corrected chi connectivity index (χ3v) is 18.6. The molecule has 0 spiro atoms.